The summed E-state index contributed by atoms with van der Waals surface area (Å²) >= 11 is 0. The SMILES string of the molecule is O=C1N[C@@]2(CCCc3ccccc32)C(=O)N1Cc1ncc(-c2ccccc2)o1. The number of benzene rings is 2. The zero-order valence-corrected chi connectivity index (χ0v) is 15.2. The Hall–Kier alpha value is -3.41. The van der Waals surface area contributed by atoms with Crippen LogP contribution in [0.4, 0.5) is 4.79 Å². The standard InChI is InChI=1S/C22H19N3O3/c26-20-22(12-6-10-15-7-4-5-11-17(15)22)24-21(27)25(20)14-19-23-13-18(28-19)16-8-2-1-3-9-16/h1-5,7-9,11,13H,6,10,12,14H2,(H,24,27)/t22-/m1/s1. The zero-order chi connectivity index (χ0) is 19.1. The molecule has 1 spiro atoms. The molecule has 1 saturated heterocycles. The van der Waals surface area contributed by atoms with Crippen molar-refractivity contribution in [1.82, 2.24) is 15.2 Å². The lowest BCUT2D eigenvalue weighted by atomic mass is 9.76. The first kappa shape index (κ1) is 16.7. The van der Waals surface area contributed by atoms with Crippen molar-refractivity contribution in [3.63, 3.8) is 0 Å². The van der Waals surface area contributed by atoms with Crippen molar-refractivity contribution in [2.24, 2.45) is 0 Å². The van der Waals surface area contributed by atoms with Gasteiger partial charge in [0, 0.05) is 5.56 Å². The second kappa shape index (κ2) is 6.34. The summed E-state index contributed by atoms with van der Waals surface area (Å²) in [5.74, 6) is 0.716. The summed E-state index contributed by atoms with van der Waals surface area (Å²) in [5, 5.41) is 2.95. The number of rotatable bonds is 3. The van der Waals surface area contributed by atoms with Gasteiger partial charge in [0.1, 0.15) is 12.1 Å². The minimum atomic E-state index is -0.971. The van der Waals surface area contributed by atoms with Crippen molar-refractivity contribution in [1.29, 1.82) is 0 Å². The number of carbonyl (C=O) groups is 2. The summed E-state index contributed by atoms with van der Waals surface area (Å²) < 4.78 is 5.79. The number of amides is 3. The molecule has 6 heteroatoms. The van der Waals surface area contributed by atoms with Gasteiger partial charge in [0.2, 0.25) is 5.89 Å². The number of aromatic nitrogens is 1. The number of aryl methyl sites for hydroxylation is 1. The Morgan fingerprint density at radius 2 is 1.86 bits per heavy atom. The van der Waals surface area contributed by atoms with E-state index < -0.39 is 11.6 Å². The molecule has 5 rings (SSSR count). The summed E-state index contributed by atoms with van der Waals surface area (Å²) in [5.41, 5.74) is 1.95. The molecule has 0 bridgehead atoms. The number of nitrogens with zero attached hydrogens (tertiary/aromatic N) is 2. The molecule has 0 radical (unpaired) electrons. The first-order valence-electron chi connectivity index (χ1n) is 9.40. The highest BCUT2D eigenvalue weighted by molar-refractivity contribution is 6.07. The van der Waals surface area contributed by atoms with Gasteiger partial charge in [-0.25, -0.2) is 9.78 Å². The molecule has 3 amide bonds. The smallest absolute Gasteiger partial charge is 0.325 e. The van der Waals surface area contributed by atoms with Gasteiger partial charge in [-0.1, -0.05) is 54.6 Å². The zero-order valence-electron chi connectivity index (χ0n) is 15.2. The van der Waals surface area contributed by atoms with E-state index >= 15 is 0 Å². The van der Waals surface area contributed by atoms with Crippen LogP contribution in [0.2, 0.25) is 0 Å². The van der Waals surface area contributed by atoms with Gasteiger partial charge in [-0.3, -0.25) is 9.69 Å². The molecule has 3 aromatic rings. The molecule has 6 nitrogen and oxygen atoms in total. The quantitative estimate of drug-likeness (QED) is 0.712. The molecule has 1 fully saturated rings. The van der Waals surface area contributed by atoms with Gasteiger partial charge in [0.05, 0.1) is 6.20 Å². The molecule has 1 N–H and O–H groups in total. The maximum absolute atomic E-state index is 13.3. The number of nitrogens with one attached hydrogen (secondary N) is 1. The molecular formula is C22H19N3O3. The third-order valence-electron chi connectivity index (χ3n) is 5.56. The number of carbonyl (C=O) groups excluding carboxylic acids is 2. The van der Waals surface area contributed by atoms with Crippen LogP contribution < -0.4 is 5.32 Å². The van der Waals surface area contributed by atoms with E-state index in [-0.39, 0.29) is 12.5 Å². The Labute approximate surface area is 162 Å². The fourth-order valence-corrected chi connectivity index (χ4v) is 4.21. The molecule has 1 aliphatic carbocycles. The van der Waals surface area contributed by atoms with Crippen LogP contribution in [0, 0.1) is 0 Å². The van der Waals surface area contributed by atoms with Crippen LogP contribution in [0.25, 0.3) is 11.3 Å². The lowest BCUT2D eigenvalue weighted by Gasteiger charge is -2.33. The first-order chi connectivity index (χ1) is 13.7. The topological polar surface area (TPSA) is 75.4 Å². The Balaban J connectivity index is 1.43. The first-order valence-corrected chi connectivity index (χ1v) is 9.40. The van der Waals surface area contributed by atoms with Gasteiger partial charge >= 0.3 is 6.03 Å². The lowest BCUT2D eigenvalue weighted by Crippen LogP contribution is -2.46. The Morgan fingerprint density at radius 1 is 1.07 bits per heavy atom. The second-order valence-electron chi connectivity index (χ2n) is 7.22. The number of hydrogen-bond donors (Lipinski definition) is 1. The predicted octanol–water partition coefficient (Wildman–Crippen LogP) is 3.63. The molecule has 2 aliphatic rings. The highest BCUT2D eigenvalue weighted by Gasteiger charge is 2.54. The van der Waals surface area contributed by atoms with Gasteiger partial charge in [-0.05, 0) is 30.4 Å². The summed E-state index contributed by atoms with van der Waals surface area (Å²) in [4.78, 5) is 31.5. The molecule has 0 unspecified atom stereocenters. The Morgan fingerprint density at radius 3 is 2.71 bits per heavy atom. The van der Waals surface area contributed by atoms with Gasteiger partial charge < -0.3 is 9.73 Å². The minimum absolute atomic E-state index is 0.0153. The number of urea groups is 1. The maximum Gasteiger partial charge on any atom is 0.325 e. The van der Waals surface area contributed by atoms with E-state index in [9.17, 15) is 9.59 Å². The predicted molar refractivity (Wildman–Crippen MR) is 102 cm³/mol. The molecule has 1 atom stereocenters. The average Bonchev–Trinajstić information content (AvgIpc) is 3.29. The highest BCUT2D eigenvalue weighted by Crippen LogP contribution is 2.40. The van der Waals surface area contributed by atoms with Crippen LogP contribution >= 0.6 is 0 Å². The van der Waals surface area contributed by atoms with Crippen molar-refractivity contribution in [2.75, 3.05) is 0 Å². The molecule has 1 aliphatic heterocycles. The van der Waals surface area contributed by atoms with Crippen molar-refractivity contribution < 1.29 is 14.0 Å². The highest BCUT2D eigenvalue weighted by atomic mass is 16.4. The van der Waals surface area contributed by atoms with Crippen molar-refractivity contribution >= 4 is 11.9 Å². The summed E-state index contributed by atoms with van der Waals surface area (Å²) in [6.07, 6.45) is 4.00. The van der Waals surface area contributed by atoms with E-state index in [0.717, 1.165) is 29.5 Å². The molecule has 1 aromatic heterocycles. The fraction of sp³-hybridized carbons (Fsp3) is 0.227. The normalized spacial score (nSPS) is 21.1. The van der Waals surface area contributed by atoms with Crippen LogP contribution in [-0.2, 0) is 23.3 Å². The number of fused-ring (bicyclic) bond motifs is 2. The summed E-state index contributed by atoms with van der Waals surface area (Å²) in [6, 6.07) is 17.0. The van der Waals surface area contributed by atoms with Gasteiger partial charge in [-0.15, -0.1) is 0 Å². The molecule has 0 saturated carbocycles. The monoisotopic (exact) mass is 373 g/mol. The van der Waals surface area contributed by atoms with Crippen LogP contribution in [0.1, 0.15) is 29.9 Å². The summed E-state index contributed by atoms with van der Waals surface area (Å²) in [6.45, 7) is 0.0153. The Kier molecular flexibility index (Phi) is 3.79. The van der Waals surface area contributed by atoms with Gasteiger partial charge in [-0.2, -0.15) is 0 Å². The number of imide groups is 1. The third kappa shape index (κ3) is 2.52. The second-order valence-corrected chi connectivity index (χ2v) is 7.22. The van der Waals surface area contributed by atoms with E-state index in [2.05, 4.69) is 10.3 Å². The van der Waals surface area contributed by atoms with E-state index in [4.69, 9.17) is 4.42 Å². The van der Waals surface area contributed by atoms with Crippen LogP contribution in [0.3, 0.4) is 0 Å². The summed E-state index contributed by atoms with van der Waals surface area (Å²) in [7, 11) is 0. The maximum atomic E-state index is 13.3. The van der Waals surface area contributed by atoms with E-state index in [1.165, 1.54) is 4.90 Å². The molecule has 2 heterocycles. The number of oxazole rings is 1. The van der Waals surface area contributed by atoms with Gasteiger partial charge in [0.25, 0.3) is 5.91 Å². The van der Waals surface area contributed by atoms with E-state index in [1.54, 1.807) is 6.20 Å². The van der Waals surface area contributed by atoms with Crippen LogP contribution in [-0.4, -0.2) is 21.8 Å². The van der Waals surface area contributed by atoms with Crippen LogP contribution in [0.5, 0.6) is 0 Å². The number of hydrogen-bond acceptors (Lipinski definition) is 4. The third-order valence-corrected chi connectivity index (χ3v) is 5.56. The minimum Gasteiger partial charge on any atom is -0.439 e. The largest absolute Gasteiger partial charge is 0.439 e. The fourth-order valence-electron chi connectivity index (χ4n) is 4.21. The Bertz CT molecular complexity index is 1060. The van der Waals surface area contributed by atoms with E-state index in [1.807, 2.05) is 54.6 Å². The van der Waals surface area contributed by atoms with E-state index in [0.29, 0.717) is 18.1 Å². The molecule has 140 valence electrons. The lowest BCUT2D eigenvalue weighted by molar-refractivity contribution is -0.132. The average molecular weight is 373 g/mol. The molecular weight excluding hydrogens is 354 g/mol. The molecule has 2 aromatic carbocycles. The van der Waals surface area contributed by atoms with Crippen molar-refractivity contribution in [3.8, 4) is 11.3 Å². The molecule has 28 heavy (non-hydrogen) atoms. The van der Waals surface area contributed by atoms with Crippen LogP contribution in [0.15, 0.2) is 65.2 Å². The van der Waals surface area contributed by atoms with Crippen molar-refractivity contribution in [3.05, 3.63) is 77.8 Å². The van der Waals surface area contributed by atoms with Crippen molar-refractivity contribution in [2.45, 2.75) is 31.3 Å². The van der Waals surface area contributed by atoms with Gasteiger partial charge in [0.15, 0.2) is 5.76 Å².